The maximum Gasteiger partial charge on any atom is 0.118 e. The van der Waals surface area contributed by atoms with Crippen molar-refractivity contribution in [3.8, 4) is 5.75 Å². The van der Waals surface area contributed by atoms with Gasteiger partial charge in [0.25, 0.3) is 0 Å². The van der Waals surface area contributed by atoms with E-state index in [2.05, 4.69) is 6.07 Å². The van der Waals surface area contributed by atoms with E-state index in [4.69, 9.17) is 5.73 Å². The molecule has 1 aromatic carbocycles. The zero-order valence-electron chi connectivity index (χ0n) is 7.88. The second-order valence-corrected chi connectivity index (χ2v) is 3.99. The van der Waals surface area contributed by atoms with E-state index in [1.54, 1.807) is 6.07 Å². The second kappa shape index (κ2) is 2.74. The van der Waals surface area contributed by atoms with Gasteiger partial charge in [0.1, 0.15) is 5.75 Å². The predicted molar refractivity (Wildman–Crippen MR) is 52.8 cm³/mol. The molecule has 0 atom stereocenters. The molecule has 1 saturated carbocycles. The van der Waals surface area contributed by atoms with Crippen LogP contribution in [-0.4, -0.2) is 11.7 Å². The number of phenolic OH excluding ortho intramolecular Hbond substituents is 1. The maximum absolute atomic E-state index is 9.37. The molecule has 13 heavy (non-hydrogen) atoms. The largest absolute Gasteiger partial charge is 0.508 e. The van der Waals surface area contributed by atoms with Crippen LogP contribution in [0.15, 0.2) is 18.2 Å². The van der Waals surface area contributed by atoms with Crippen molar-refractivity contribution in [2.75, 3.05) is 6.54 Å². The number of hydrogen-bond acceptors (Lipinski definition) is 2. The van der Waals surface area contributed by atoms with Crippen molar-refractivity contribution < 1.29 is 5.11 Å². The Hall–Kier alpha value is -1.02. The maximum atomic E-state index is 9.37. The summed E-state index contributed by atoms with van der Waals surface area (Å²) in [6.45, 7) is 2.64. The SMILES string of the molecule is Cc1cc(C2(CN)CC2)ccc1O. The summed E-state index contributed by atoms with van der Waals surface area (Å²) in [5.41, 5.74) is 8.19. The van der Waals surface area contributed by atoms with Gasteiger partial charge >= 0.3 is 0 Å². The van der Waals surface area contributed by atoms with Gasteiger partial charge in [0, 0.05) is 12.0 Å². The van der Waals surface area contributed by atoms with Gasteiger partial charge in [-0.15, -0.1) is 0 Å². The van der Waals surface area contributed by atoms with Crippen molar-refractivity contribution in [1.29, 1.82) is 0 Å². The van der Waals surface area contributed by atoms with Crippen LogP contribution >= 0.6 is 0 Å². The molecule has 0 radical (unpaired) electrons. The van der Waals surface area contributed by atoms with Crippen LogP contribution in [0, 0.1) is 6.92 Å². The van der Waals surface area contributed by atoms with Crippen LogP contribution in [-0.2, 0) is 5.41 Å². The first-order chi connectivity index (χ1) is 6.18. The van der Waals surface area contributed by atoms with E-state index in [1.807, 2.05) is 13.0 Å². The molecule has 2 rings (SSSR count). The molecular formula is C11H15NO. The molecule has 0 bridgehead atoms. The molecule has 2 nitrogen and oxygen atoms in total. The molecule has 0 aliphatic heterocycles. The number of nitrogens with two attached hydrogens (primary N) is 1. The molecule has 70 valence electrons. The second-order valence-electron chi connectivity index (χ2n) is 3.99. The van der Waals surface area contributed by atoms with Gasteiger partial charge in [-0.2, -0.15) is 0 Å². The summed E-state index contributed by atoms with van der Waals surface area (Å²) < 4.78 is 0. The number of hydrogen-bond donors (Lipinski definition) is 2. The molecule has 1 aliphatic rings. The number of benzene rings is 1. The van der Waals surface area contributed by atoms with Gasteiger partial charge in [-0.3, -0.25) is 0 Å². The summed E-state index contributed by atoms with van der Waals surface area (Å²) in [4.78, 5) is 0. The molecular weight excluding hydrogens is 162 g/mol. The quantitative estimate of drug-likeness (QED) is 0.722. The highest BCUT2D eigenvalue weighted by Crippen LogP contribution is 2.47. The Labute approximate surface area is 78.4 Å². The van der Waals surface area contributed by atoms with Crippen molar-refractivity contribution in [3.63, 3.8) is 0 Å². The zero-order chi connectivity index (χ0) is 9.47. The minimum Gasteiger partial charge on any atom is -0.508 e. The van der Waals surface area contributed by atoms with Crippen LogP contribution < -0.4 is 5.73 Å². The van der Waals surface area contributed by atoms with E-state index in [0.717, 1.165) is 12.1 Å². The summed E-state index contributed by atoms with van der Waals surface area (Å²) in [6, 6.07) is 5.80. The zero-order valence-corrected chi connectivity index (χ0v) is 7.88. The Kier molecular flexibility index (Phi) is 1.81. The molecule has 0 spiro atoms. The van der Waals surface area contributed by atoms with Crippen molar-refractivity contribution >= 4 is 0 Å². The van der Waals surface area contributed by atoms with Gasteiger partial charge in [0.15, 0.2) is 0 Å². The Balaban J connectivity index is 2.37. The van der Waals surface area contributed by atoms with E-state index in [1.165, 1.54) is 18.4 Å². The Morgan fingerprint density at radius 1 is 1.46 bits per heavy atom. The molecule has 0 aromatic heterocycles. The van der Waals surface area contributed by atoms with Gasteiger partial charge in [0.2, 0.25) is 0 Å². The number of phenols is 1. The molecule has 2 heteroatoms. The fourth-order valence-electron chi connectivity index (χ4n) is 1.75. The topological polar surface area (TPSA) is 46.2 Å². The number of aryl methyl sites for hydroxylation is 1. The van der Waals surface area contributed by atoms with E-state index in [0.29, 0.717) is 5.75 Å². The first-order valence-electron chi connectivity index (χ1n) is 4.68. The lowest BCUT2D eigenvalue weighted by Crippen LogP contribution is -2.19. The van der Waals surface area contributed by atoms with E-state index >= 15 is 0 Å². The normalized spacial score (nSPS) is 18.6. The third-order valence-corrected chi connectivity index (χ3v) is 3.05. The first-order valence-corrected chi connectivity index (χ1v) is 4.68. The highest BCUT2D eigenvalue weighted by molar-refractivity contribution is 5.41. The van der Waals surface area contributed by atoms with Crippen molar-refractivity contribution in [2.24, 2.45) is 5.73 Å². The van der Waals surface area contributed by atoms with Crippen molar-refractivity contribution in [3.05, 3.63) is 29.3 Å². The van der Waals surface area contributed by atoms with Gasteiger partial charge in [-0.05, 0) is 37.0 Å². The molecule has 0 heterocycles. The standard InChI is InChI=1S/C11H15NO/c1-8-6-9(2-3-10(8)13)11(7-12)4-5-11/h2-3,6,13H,4-5,7,12H2,1H3. The third-order valence-electron chi connectivity index (χ3n) is 3.05. The summed E-state index contributed by atoms with van der Waals surface area (Å²) >= 11 is 0. The van der Waals surface area contributed by atoms with Gasteiger partial charge in [-0.25, -0.2) is 0 Å². The molecule has 3 N–H and O–H groups in total. The number of rotatable bonds is 2. The van der Waals surface area contributed by atoms with Crippen LogP contribution in [0.5, 0.6) is 5.75 Å². The first kappa shape index (κ1) is 8.57. The summed E-state index contributed by atoms with van der Waals surface area (Å²) in [5, 5.41) is 9.37. The van der Waals surface area contributed by atoms with Crippen LogP contribution in [0.4, 0.5) is 0 Å². The monoisotopic (exact) mass is 177 g/mol. The summed E-state index contributed by atoms with van der Waals surface area (Å²) in [6.07, 6.45) is 2.38. The third kappa shape index (κ3) is 1.31. The summed E-state index contributed by atoms with van der Waals surface area (Å²) in [5.74, 6) is 0.372. The van der Waals surface area contributed by atoms with E-state index in [9.17, 15) is 5.11 Å². The average Bonchev–Trinajstić information content (AvgIpc) is 2.90. The van der Waals surface area contributed by atoms with Crippen molar-refractivity contribution in [1.82, 2.24) is 0 Å². The highest BCUT2D eigenvalue weighted by Gasteiger charge is 2.42. The molecule has 0 amide bonds. The average molecular weight is 177 g/mol. The minimum absolute atomic E-state index is 0.235. The Morgan fingerprint density at radius 3 is 2.62 bits per heavy atom. The lowest BCUT2D eigenvalue weighted by Gasteiger charge is -2.13. The van der Waals surface area contributed by atoms with Crippen LogP contribution in [0.1, 0.15) is 24.0 Å². The van der Waals surface area contributed by atoms with Crippen LogP contribution in [0.3, 0.4) is 0 Å². The van der Waals surface area contributed by atoms with Crippen molar-refractivity contribution in [2.45, 2.75) is 25.2 Å². The molecule has 0 unspecified atom stereocenters. The van der Waals surface area contributed by atoms with Gasteiger partial charge in [-0.1, -0.05) is 12.1 Å². The highest BCUT2D eigenvalue weighted by atomic mass is 16.3. The summed E-state index contributed by atoms with van der Waals surface area (Å²) in [7, 11) is 0. The fraction of sp³-hybridized carbons (Fsp3) is 0.455. The van der Waals surface area contributed by atoms with Crippen LogP contribution in [0.2, 0.25) is 0 Å². The molecule has 1 fully saturated rings. The lowest BCUT2D eigenvalue weighted by atomic mass is 9.94. The fourth-order valence-corrected chi connectivity index (χ4v) is 1.75. The molecule has 0 saturated heterocycles. The number of aromatic hydroxyl groups is 1. The molecule has 1 aromatic rings. The lowest BCUT2D eigenvalue weighted by molar-refractivity contribution is 0.470. The Morgan fingerprint density at radius 2 is 2.15 bits per heavy atom. The van der Waals surface area contributed by atoms with Gasteiger partial charge in [0.05, 0.1) is 0 Å². The van der Waals surface area contributed by atoms with E-state index in [-0.39, 0.29) is 5.41 Å². The molecule has 1 aliphatic carbocycles. The predicted octanol–water partition coefficient (Wildman–Crippen LogP) is 1.69. The van der Waals surface area contributed by atoms with E-state index < -0.39 is 0 Å². The smallest absolute Gasteiger partial charge is 0.118 e. The Bertz CT molecular complexity index is 329. The van der Waals surface area contributed by atoms with Crippen LogP contribution in [0.25, 0.3) is 0 Å². The van der Waals surface area contributed by atoms with Gasteiger partial charge < -0.3 is 10.8 Å². The minimum atomic E-state index is 0.235.